The summed E-state index contributed by atoms with van der Waals surface area (Å²) in [4.78, 5) is 2.41. The lowest BCUT2D eigenvalue weighted by atomic mass is 9.79. The van der Waals surface area contributed by atoms with Gasteiger partial charge in [-0.05, 0) is 154 Å². The summed E-state index contributed by atoms with van der Waals surface area (Å²) in [5, 5.41) is 4.81. The molecule has 12 aromatic rings. The Hall–Kier alpha value is -9.24. The first-order valence-corrected chi connectivity index (χ1v) is 26.3. The normalized spacial score (nSPS) is 13.0. The van der Waals surface area contributed by atoms with E-state index in [1.54, 1.807) is 0 Å². The number of hydrogen-bond donors (Lipinski definition) is 0. The second kappa shape index (κ2) is 18.1. The van der Waals surface area contributed by atoms with Gasteiger partial charge in [0.05, 0.1) is 6.61 Å². The maximum absolute atomic E-state index is 7.09. The van der Waals surface area contributed by atoms with E-state index in [0.717, 1.165) is 45.7 Å². The molecule has 1 heterocycles. The highest BCUT2D eigenvalue weighted by molar-refractivity contribution is 6.06. The molecule has 0 unspecified atom stereocenters. The molecule has 1 aliphatic carbocycles. The van der Waals surface area contributed by atoms with E-state index in [2.05, 4.69) is 280 Å². The van der Waals surface area contributed by atoms with Crippen molar-refractivity contribution in [2.45, 2.75) is 25.7 Å². The molecule has 2 heteroatoms. The Balaban J connectivity index is 0.917. The van der Waals surface area contributed by atoms with Crippen LogP contribution in [0.4, 0.5) is 17.1 Å². The van der Waals surface area contributed by atoms with Crippen LogP contribution in [0.1, 0.15) is 30.5 Å². The molecule has 356 valence electrons. The second-order valence-corrected chi connectivity index (χ2v) is 20.6. The highest BCUT2D eigenvalue weighted by atomic mass is 16.5. The molecule has 1 aliphatic heterocycles. The van der Waals surface area contributed by atoms with Crippen molar-refractivity contribution in [2.24, 2.45) is 0 Å². The Morgan fingerprint density at radius 3 is 1.49 bits per heavy atom. The molecule has 0 aromatic heterocycles. The van der Waals surface area contributed by atoms with Gasteiger partial charge >= 0.3 is 0 Å². The van der Waals surface area contributed by atoms with Gasteiger partial charge in [-0.15, -0.1) is 0 Å². The molecule has 75 heavy (non-hydrogen) atoms. The van der Waals surface area contributed by atoms with Gasteiger partial charge in [0, 0.05) is 39.8 Å². The van der Waals surface area contributed by atoms with E-state index in [-0.39, 0.29) is 5.41 Å². The first-order valence-electron chi connectivity index (χ1n) is 26.3. The minimum atomic E-state index is -0.301. The maximum atomic E-state index is 7.09. The van der Waals surface area contributed by atoms with Crippen LogP contribution in [-0.4, -0.2) is 6.61 Å². The molecule has 14 rings (SSSR count). The summed E-state index contributed by atoms with van der Waals surface area (Å²) in [5.41, 5.74) is 23.9. The number of benzene rings is 12. The molecule has 0 bridgehead atoms. The molecule has 2 nitrogen and oxygen atoms in total. The van der Waals surface area contributed by atoms with Crippen molar-refractivity contribution in [2.75, 3.05) is 11.5 Å². The molecule has 0 saturated carbocycles. The first kappa shape index (κ1) is 44.5. The van der Waals surface area contributed by atoms with Crippen LogP contribution in [-0.2, 0) is 11.8 Å². The molecular weight excluding hydrogens is 907 g/mol. The number of anilines is 3. The predicted octanol–water partition coefficient (Wildman–Crippen LogP) is 19.7. The number of nitrogens with zero attached hydrogens (tertiary/aromatic N) is 1. The van der Waals surface area contributed by atoms with Crippen LogP contribution in [0.2, 0.25) is 0 Å². The topological polar surface area (TPSA) is 12.5 Å². The molecule has 0 spiro atoms. The summed E-state index contributed by atoms with van der Waals surface area (Å²) >= 11 is 0. The third-order valence-electron chi connectivity index (χ3n) is 16.1. The highest BCUT2D eigenvalue weighted by Gasteiger charge is 2.37. The van der Waals surface area contributed by atoms with Gasteiger partial charge in [-0.1, -0.05) is 226 Å². The minimum Gasteiger partial charge on any atom is -0.492 e. The Morgan fingerprint density at radius 2 is 0.813 bits per heavy atom. The van der Waals surface area contributed by atoms with Crippen molar-refractivity contribution in [3.05, 3.63) is 278 Å². The fourth-order valence-corrected chi connectivity index (χ4v) is 12.3. The van der Waals surface area contributed by atoms with Gasteiger partial charge in [0.15, 0.2) is 0 Å². The van der Waals surface area contributed by atoms with Gasteiger partial charge in [0.25, 0.3) is 0 Å². The third-order valence-corrected chi connectivity index (χ3v) is 16.1. The summed E-state index contributed by atoms with van der Waals surface area (Å²) in [7, 11) is 0. The molecule has 0 radical (unpaired) electrons. The molecule has 12 aromatic carbocycles. The lowest BCUT2D eigenvalue weighted by Crippen LogP contribution is -2.16. The average molecular weight is 960 g/mol. The number of hydrogen-bond acceptors (Lipinski definition) is 2. The van der Waals surface area contributed by atoms with Crippen molar-refractivity contribution < 1.29 is 4.74 Å². The SMILES string of the molecule is CC1(C)c2cc(-c3cccc4c3-c3ccccc3-c3ccc5ccccc5c3CCOc3c-4ccc4ccccc34)ccc2-c2ccc(N(c3ccc(-c4ccccc4)cc3)c3ccc(-c4ccccc4)cc3)cc21. The van der Waals surface area contributed by atoms with Gasteiger partial charge in [0.2, 0.25) is 0 Å². The molecule has 0 N–H and O–H groups in total. The monoisotopic (exact) mass is 959 g/mol. The van der Waals surface area contributed by atoms with E-state index in [9.17, 15) is 0 Å². The molecule has 0 fully saturated rings. The predicted molar refractivity (Wildman–Crippen MR) is 316 cm³/mol. The van der Waals surface area contributed by atoms with Crippen LogP contribution >= 0.6 is 0 Å². The molecule has 0 atom stereocenters. The van der Waals surface area contributed by atoms with Crippen LogP contribution in [0.5, 0.6) is 5.75 Å². The molecular formula is C73H53NO. The van der Waals surface area contributed by atoms with Gasteiger partial charge < -0.3 is 9.64 Å². The molecule has 2 aliphatic rings. The summed E-state index contributed by atoms with van der Waals surface area (Å²) in [6, 6.07) is 96.1. The second-order valence-electron chi connectivity index (χ2n) is 20.6. The van der Waals surface area contributed by atoms with E-state index in [0.29, 0.717) is 6.61 Å². The molecule has 0 amide bonds. The quantitative estimate of drug-likeness (QED) is 0.165. The van der Waals surface area contributed by atoms with Crippen LogP contribution in [0.15, 0.2) is 261 Å². The number of fused-ring (bicyclic) bond motifs is 14. The summed E-state index contributed by atoms with van der Waals surface area (Å²) in [5.74, 6) is 0.933. The number of rotatable bonds is 6. The fraction of sp³-hybridized carbons (Fsp3) is 0.0685. The van der Waals surface area contributed by atoms with Gasteiger partial charge in [-0.25, -0.2) is 0 Å². The zero-order chi connectivity index (χ0) is 50.0. The van der Waals surface area contributed by atoms with Crippen LogP contribution < -0.4 is 9.64 Å². The maximum Gasteiger partial charge on any atom is 0.134 e. The molecule has 0 saturated heterocycles. The Kier molecular flexibility index (Phi) is 10.7. The van der Waals surface area contributed by atoms with E-state index in [4.69, 9.17) is 4.74 Å². The van der Waals surface area contributed by atoms with Crippen LogP contribution in [0, 0.1) is 0 Å². The van der Waals surface area contributed by atoms with Gasteiger partial charge in [0.1, 0.15) is 5.75 Å². The zero-order valence-electron chi connectivity index (χ0n) is 42.1. The first-order chi connectivity index (χ1) is 37.0. The van der Waals surface area contributed by atoms with Crippen molar-refractivity contribution in [1.82, 2.24) is 0 Å². The average Bonchev–Trinajstić information content (AvgIpc) is 3.70. The summed E-state index contributed by atoms with van der Waals surface area (Å²) in [6.45, 7) is 5.36. The van der Waals surface area contributed by atoms with Crippen molar-refractivity contribution >= 4 is 38.6 Å². The smallest absolute Gasteiger partial charge is 0.134 e. The van der Waals surface area contributed by atoms with E-state index < -0.39 is 0 Å². The largest absolute Gasteiger partial charge is 0.492 e. The van der Waals surface area contributed by atoms with E-state index in [1.165, 1.54) is 99.6 Å². The Bertz CT molecular complexity index is 4070. The van der Waals surface area contributed by atoms with E-state index in [1.807, 2.05) is 0 Å². The van der Waals surface area contributed by atoms with Gasteiger partial charge in [-0.3, -0.25) is 0 Å². The van der Waals surface area contributed by atoms with Crippen LogP contribution in [0.3, 0.4) is 0 Å². The van der Waals surface area contributed by atoms with Gasteiger partial charge in [-0.2, -0.15) is 0 Å². The minimum absolute atomic E-state index is 0.301. The van der Waals surface area contributed by atoms with E-state index >= 15 is 0 Å². The Labute approximate surface area is 439 Å². The zero-order valence-corrected chi connectivity index (χ0v) is 42.1. The fourth-order valence-electron chi connectivity index (χ4n) is 12.3. The van der Waals surface area contributed by atoms with Crippen molar-refractivity contribution in [1.29, 1.82) is 0 Å². The Morgan fingerprint density at radius 1 is 0.333 bits per heavy atom. The van der Waals surface area contributed by atoms with Crippen LogP contribution in [0.25, 0.3) is 99.4 Å². The van der Waals surface area contributed by atoms with Crippen molar-refractivity contribution in [3.8, 4) is 83.6 Å². The number of ether oxygens (including phenoxy) is 1. The third kappa shape index (κ3) is 7.55. The summed E-state index contributed by atoms with van der Waals surface area (Å²) in [6.07, 6.45) is 0.776. The lowest BCUT2D eigenvalue weighted by molar-refractivity contribution is 0.327. The lowest BCUT2D eigenvalue weighted by Gasteiger charge is -2.28. The summed E-state index contributed by atoms with van der Waals surface area (Å²) < 4.78 is 7.09. The highest BCUT2D eigenvalue weighted by Crippen LogP contribution is 2.54. The standard InChI is InChI=1S/C73H53NO/c1-73(2)69-46-54(34-41-64(69)65-43-39-57(47-70(65)73)74(55-35-28-50(29-36-55)48-16-5-3-6-17-48)56-37-30-51(31-38-56)49-18-7-4-8-19-49)59-26-15-27-67-68-42-33-53-21-10-12-23-60(53)72(68)75-45-44-63-58-22-11-9-20-52(58)32-40-62(63)61-24-13-14-25-66(61)71(59)67/h3-43,46-47H,44-45H2,1-2H3. The van der Waals surface area contributed by atoms with Crippen molar-refractivity contribution in [3.63, 3.8) is 0 Å².